The Labute approximate surface area is 158 Å². The molecule has 1 saturated carbocycles. The number of oxazole rings is 1. The second-order valence-corrected chi connectivity index (χ2v) is 7.28. The number of nitrogens with zero attached hydrogens (tertiary/aromatic N) is 2. The molecule has 4 nitrogen and oxygen atoms in total. The van der Waals surface area contributed by atoms with Crippen molar-refractivity contribution in [3.63, 3.8) is 0 Å². The highest BCUT2D eigenvalue weighted by Gasteiger charge is 2.29. The molecular weight excluding hydrogens is 343 g/mol. The van der Waals surface area contributed by atoms with Crippen LogP contribution in [0, 0.1) is 12.7 Å². The Kier molecular flexibility index (Phi) is 4.92. The fourth-order valence-corrected chi connectivity index (χ4v) is 3.85. The summed E-state index contributed by atoms with van der Waals surface area (Å²) in [7, 11) is 0. The summed E-state index contributed by atoms with van der Waals surface area (Å²) in [5.74, 6) is -0.291. The summed E-state index contributed by atoms with van der Waals surface area (Å²) < 4.78 is 20.1. The van der Waals surface area contributed by atoms with Gasteiger partial charge in [0.15, 0.2) is 5.58 Å². The molecule has 1 aromatic heterocycles. The van der Waals surface area contributed by atoms with Gasteiger partial charge in [-0.1, -0.05) is 37.5 Å². The second-order valence-electron chi connectivity index (χ2n) is 7.28. The first-order chi connectivity index (χ1) is 13.1. The minimum absolute atomic E-state index is 0.0857. The van der Waals surface area contributed by atoms with E-state index in [1.807, 2.05) is 25.1 Å². The Morgan fingerprint density at radius 3 is 2.74 bits per heavy atom. The van der Waals surface area contributed by atoms with Gasteiger partial charge in [0, 0.05) is 6.04 Å². The molecule has 4 rings (SSSR count). The lowest BCUT2D eigenvalue weighted by atomic mass is 9.93. The standard InChI is InChI=1S/C22H23FN2O2/c1-15-11-12-20-19(13-15)24-21(27-20)14-25(16-7-3-2-4-8-16)22(26)17-9-5-6-10-18(17)23/h5-6,9-13,16H,2-4,7-8,14H2,1H3. The van der Waals surface area contributed by atoms with Crippen LogP contribution in [0.4, 0.5) is 4.39 Å². The molecule has 0 atom stereocenters. The third kappa shape index (κ3) is 3.72. The van der Waals surface area contributed by atoms with Gasteiger partial charge in [-0.25, -0.2) is 9.37 Å². The Morgan fingerprint density at radius 2 is 1.96 bits per heavy atom. The first kappa shape index (κ1) is 17.7. The second kappa shape index (κ2) is 7.51. The van der Waals surface area contributed by atoms with Crippen LogP contribution in [0.1, 0.15) is 53.9 Å². The zero-order valence-electron chi connectivity index (χ0n) is 15.5. The predicted molar refractivity (Wildman–Crippen MR) is 102 cm³/mol. The van der Waals surface area contributed by atoms with E-state index in [4.69, 9.17) is 4.42 Å². The molecular formula is C22H23FN2O2. The maximum Gasteiger partial charge on any atom is 0.257 e. The van der Waals surface area contributed by atoms with E-state index in [-0.39, 0.29) is 24.1 Å². The first-order valence-electron chi connectivity index (χ1n) is 9.53. The molecule has 0 radical (unpaired) electrons. The summed E-state index contributed by atoms with van der Waals surface area (Å²) in [5, 5.41) is 0. The van der Waals surface area contributed by atoms with E-state index in [9.17, 15) is 9.18 Å². The highest BCUT2D eigenvalue weighted by atomic mass is 19.1. The van der Waals surface area contributed by atoms with Crippen molar-refractivity contribution < 1.29 is 13.6 Å². The van der Waals surface area contributed by atoms with Gasteiger partial charge in [0.2, 0.25) is 5.89 Å². The number of fused-ring (bicyclic) bond motifs is 1. The van der Waals surface area contributed by atoms with E-state index in [1.54, 1.807) is 23.1 Å². The fraction of sp³-hybridized carbons (Fsp3) is 0.364. The summed E-state index contributed by atoms with van der Waals surface area (Å²) in [6.07, 6.45) is 5.20. The van der Waals surface area contributed by atoms with E-state index in [1.165, 1.54) is 12.5 Å². The van der Waals surface area contributed by atoms with Crippen molar-refractivity contribution in [2.24, 2.45) is 0 Å². The van der Waals surface area contributed by atoms with E-state index < -0.39 is 5.82 Å². The van der Waals surface area contributed by atoms with Gasteiger partial charge in [0.1, 0.15) is 11.3 Å². The number of carbonyl (C=O) groups is 1. The highest BCUT2D eigenvalue weighted by Crippen LogP contribution is 2.27. The van der Waals surface area contributed by atoms with E-state index in [2.05, 4.69) is 4.98 Å². The maximum atomic E-state index is 14.2. The number of hydrogen-bond acceptors (Lipinski definition) is 3. The summed E-state index contributed by atoms with van der Waals surface area (Å²) in [6.45, 7) is 2.26. The largest absolute Gasteiger partial charge is 0.439 e. The quantitative estimate of drug-likeness (QED) is 0.633. The molecule has 0 N–H and O–H groups in total. The summed E-state index contributed by atoms with van der Waals surface area (Å²) in [5.41, 5.74) is 2.70. The van der Waals surface area contributed by atoms with Crippen molar-refractivity contribution in [3.05, 3.63) is 65.3 Å². The van der Waals surface area contributed by atoms with Crippen LogP contribution in [-0.4, -0.2) is 21.8 Å². The van der Waals surface area contributed by atoms with Crippen molar-refractivity contribution in [1.29, 1.82) is 0 Å². The minimum Gasteiger partial charge on any atom is -0.439 e. The van der Waals surface area contributed by atoms with E-state index in [0.717, 1.165) is 36.8 Å². The van der Waals surface area contributed by atoms with Gasteiger partial charge in [0.25, 0.3) is 5.91 Å². The highest BCUT2D eigenvalue weighted by molar-refractivity contribution is 5.94. The molecule has 5 heteroatoms. The van der Waals surface area contributed by atoms with E-state index in [0.29, 0.717) is 11.5 Å². The van der Waals surface area contributed by atoms with Gasteiger partial charge < -0.3 is 9.32 Å². The van der Waals surface area contributed by atoms with Crippen molar-refractivity contribution in [2.45, 2.75) is 51.6 Å². The summed E-state index contributed by atoms with van der Waals surface area (Å²) in [6, 6.07) is 12.1. The zero-order chi connectivity index (χ0) is 18.8. The number of rotatable bonds is 4. The number of aromatic nitrogens is 1. The molecule has 1 aliphatic rings. The first-order valence-corrected chi connectivity index (χ1v) is 9.53. The molecule has 2 aromatic carbocycles. The van der Waals surface area contributed by atoms with Crippen LogP contribution in [0.2, 0.25) is 0 Å². The number of carbonyl (C=O) groups excluding carboxylic acids is 1. The molecule has 0 unspecified atom stereocenters. The molecule has 3 aromatic rings. The van der Waals surface area contributed by atoms with Crippen LogP contribution in [0.25, 0.3) is 11.1 Å². The summed E-state index contributed by atoms with van der Waals surface area (Å²) >= 11 is 0. The normalized spacial score (nSPS) is 15.2. The van der Waals surface area contributed by atoms with Crippen LogP contribution < -0.4 is 0 Å². The number of halogens is 1. The Morgan fingerprint density at radius 1 is 1.19 bits per heavy atom. The molecule has 140 valence electrons. The fourth-order valence-electron chi connectivity index (χ4n) is 3.85. The number of hydrogen-bond donors (Lipinski definition) is 0. The lowest BCUT2D eigenvalue weighted by Crippen LogP contribution is -2.41. The third-order valence-electron chi connectivity index (χ3n) is 5.27. The lowest BCUT2D eigenvalue weighted by molar-refractivity contribution is 0.0588. The topological polar surface area (TPSA) is 46.3 Å². The number of aryl methyl sites for hydroxylation is 1. The van der Waals surface area contributed by atoms with Gasteiger partial charge in [-0.15, -0.1) is 0 Å². The molecule has 0 spiro atoms. The lowest BCUT2D eigenvalue weighted by Gasteiger charge is -2.33. The van der Waals surface area contributed by atoms with Crippen LogP contribution in [-0.2, 0) is 6.54 Å². The van der Waals surface area contributed by atoms with Crippen molar-refractivity contribution in [3.8, 4) is 0 Å². The van der Waals surface area contributed by atoms with Gasteiger partial charge in [-0.05, 0) is 49.6 Å². The molecule has 0 bridgehead atoms. The Balaban J connectivity index is 1.66. The smallest absolute Gasteiger partial charge is 0.257 e. The van der Waals surface area contributed by atoms with Crippen LogP contribution in [0.15, 0.2) is 46.9 Å². The van der Waals surface area contributed by atoms with Crippen molar-refractivity contribution >= 4 is 17.0 Å². The van der Waals surface area contributed by atoms with Crippen molar-refractivity contribution in [1.82, 2.24) is 9.88 Å². The van der Waals surface area contributed by atoms with Crippen LogP contribution >= 0.6 is 0 Å². The van der Waals surface area contributed by atoms with Crippen LogP contribution in [0.3, 0.4) is 0 Å². The van der Waals surface area contributed by atoms with Crippen molar-refractivity contribution in [2.75, 3.05) is 0 Å². The Bertz CT molecular complexity index is 960. The van der Waals surface area contributed by atoms with Gasteiger partial charge in [-0.3, -0.25) is 4.79 Å². The molecule has 27 heavy (non-hydrogen) atoms. The molecule has 0 aliphatic heterocycles. The molecule has 0 saturated heterocycles. The molecule has 1 aliphatic carbocycles. The SMILES string of the molecule is Cc1ccc2oc(CN(C(=O)c3ccccc3F)C3CCCCC3)nc2c1. The molecule has 1 heterocycles. The van der Waals surface area contributed by atoms with Gasteiger partial charge in [0.05, 0.1) is 12.1 Å². The minimum atomic E-state index is -0.489. The monoisotopic (exact) mass is 366 g/mol. The third-order valence-corrected chi connectivity index (χ3v) is 5.27. The maximum absolute atomic E-state index is 14.2. The van der Waals surface area contributed by atoms with Gasteiger partial charge in [-0.2, -0.15) is 0 Å². The average Bonchev–Trinajstić information content (AvgIpc) is 3.08. The number of amides is 1. The predicted octanol–water partition coefficient (Wildman–Crippen LogP) is 5.25. The van der Waals surface area contributed by atoms with Crippen LogP contribution in [0.5, 0.6) is 0 Å². The molecule has 1 amide bonds. The number of benzene rings is 2. The average molecular weight is 366 g/mol. The van der Waals surface area contributed by atoms with E-state index >= 15 is 0 Å². The Hall–Kier alpha value is -2.69. The van der Waals surface area contributed by atoms with Gasteiger partial charge >= 0.3 is 0 Å². The molecule has 1 fully saturated rings. The zero-order valence-corrected chi connectivity index (χ0v) is 15.5. The summed E-state index contributed by atoms with van der Waals surface area (Å²) in [4.78, 5) is 19.5.